The van der Waals surface area contributed by atoms with Crippen molar-refractivity contribution in [1.29, 1.82) is 0 Å². The minimum absolute atomic E-state index is 0.505. The summed E-state index contributed by atoms with van der Waals surface area (Å²) >= 11 is 0. The third kappa shape index (κ3) is 12.6. The van der Waals surface area contributed by atoms with Gasteiger partial charge in [-0.05, 0) is 325 Å². The van der Waals surface area contributed by atoms with E-state index in [0.717, 1.165) is 85.7 Å². The number of anilines is 9. The Bertz CT molecular complexity index is 9160. The van der Waals surface area contributed by atoms with Crippen LogP contribution < -0.4 is 28.9 Å². The van der Waals surface area contributed by atoms with Crippen molar-refractivity contribution in [2.45, 2.75) is 5.41 Å². The van der Waals surface area contributed by atoms with E-state index in [0.29, 0.717) is 0 Å². The summed E-state index contributed by atoms with van der Waals surface area (Å²) in [4.78, 5) is 6.99. The second kappa shape index (κ2) is 31.9. The van der Waals surface area contributed by atoms with Gasteiger partial charge in [0.15, 0.2) is 34.5 Å². The highest BCUT2D eigenvalue weighted by molar-refractivity contribution is 6.29. The zero-order chi connectivity index (χ0) is 91.3. The first kappa shape index (κ1) is 79.2. The van der Waals surface area contributed by atoms with Gasteiger partial charge in [-0.1, -0.05) is 364 Å². The topological polar surface area (TPSA) is 37.4 Å². The number of rotatable bonds is 7. The Labute approximate surface area is 803 Å². The molecule has 3 aliphatic heterocycles. The number of hydrogen-bond donors (Lipinski definition) is 0. The molecule has 6 heteroatoms. The molecule has 2 aliphatic carbocycles. The first-order valence-corrected chi connectivity index (χ1v) is 47.7. The van der Waals surface area contributed by atoms with Gasteiger partial charge >= 0.3 is 0 Å². The molecule has 0 fully saturated rings. The Morgan fingerprint density at radius 1 is 0.129 bits per heavy atom. The lowest BCUT2D eigenvalue weighted by Gasteiger charge is -2.34. The molecule has 0 unspecified atom stereocenters. The highest BCUT2D eigenvalue weighted by atomic mass is 16.5. The van der Waals surface area contributed by atoms with Crippen molar-refractivity contribution >= 4 is 148 Å². The maximum Gasteiger partial charge on any atom is 0.151 e. The molecule has 139 heavy (non-hydrogen) atoms. The van der Waals surface area contributed by atoms with E-state index in [4.69, 9.17) is 14.2 Å². The number of para-hydroxylation sites is 12. The quantitative estimate of drug-likeness (QED) is 0.148. The van der Waals surface area contributed by atoms with Crippen LogP contribution in [0.25, 0.3) is 164 Å². The van der Waals surface area contributed by atoms with Crippen LogP contribution in [0.3, 0.4) is 0 Å². The molecule has 0 atom stereocenters. The molecule has 1 spiro atoms. The first-order chi connectivity index (χ1) is 68.9. The van der Waals surface area contributed by atoms with Crippen molar-refractivity contribution in [3.63, 3.8) is 0 Å². The van der Waals surface area contributed by atoms with E-state index in [9.17, 15) is 0 Å². The van der Waals surface area contributed by atoms with Gasteiger partial charge in [0.1, 0.15) is 0 Å². The van der Waals surface area contributed by atoms with E-state index in [1.54, 1.807) is 0 Å². The lowest BCUT2D eigenvalue weighted by Crippen LogP contribution is -2.26. The standard InChI is InChI=1S/C55H33NO.C42H27NO.C36H23NO/c1-2-15-39-37(13-1)38-14-3-4-16-40(38)46-31-34(25-28-41(39)46)35-26-29-44-45-30-27-36(56-51-21-9-11-23-53(51)57-54-24-12-10-22-52(54)56)33-50(45)55(49(44)32-35)47-19-7-5-17-42(47)43-18-6-8-20-48(43)55;1-2-12-28(13-3-1)30-24-31(26-32(25-30)43-39-18-8-10-20-41(39)44-42-21-11-9-19-40(42)43)29-22-23-37-35-16-5-4-14-33(35)34-15-6-7-17-36(34)38(37)27-29;1-2-14-29-27(12-1)28-13-3-4-15-30(28)32-23-25(20-21-31(29)32)24-10-9-11-26(22-24)37-33-16-5-7-18-35(33)38-36-19-8-6-17-34(36)37/h1-33H;1-27H;1-23H. The molecule has 0 radical (unpaired) electrons. The molecule has 0 saturated heterocycles. The van der Waals surface area contributed by atoms with E-state index in [1.165, 1.54) is 186 Å². The summed E-state index contributed by atoms with van der Waals surface area (Å²) in [5.74, 6) is 5.13. The SMILES string of the molecule is c1cc(-c2ccc3c4ccccc4c4ccccc4c3c2)cc(N2c3ccccc3Oc3ccccc32)c1.c1ccc(-c2cc(-c3ccc4c5ccccc5c5ccccc5c4c3)cc(N3c4ccccc4Oc4ccccc43)c2)cc1.c1ccc2c(c1)Oc1ccccc1N2c1ccc2c(c1)C1(c3ccccc3-c3ccccc31)c1cc(-c3ccc4c5ccccc5c5ccccc5c4c3)ccc1-2. The van der Waals surface area contributed by atoms with E-state index in [1.807, 2.05) is 60.7 Å². The third-order valence-corrected chi connectivity index (χ3v) is 29.2. The van der Waals surface area contributed by atoms with Gasteiger partial charge in [0.25, 0.3) is 0 Å². The summed E-state index contributed by atoms with van der Waals surface area (Å²) in [6, 6.07) is 182. The van der Waals surface area contributed by atoms with Crippen molar-refractivity contribution in [2.24, 2.45) is 0 Å². The molecule has 25 aromatic carbocycles. The van der Waals surface area contributed by atoms with Gasteiger partial charge in [0.2, 0.25) is 0 Å². The molecule has 0 N–H and O–H groups in total. The van der Waals surface area contributed by atoms with Gasteiger partial charge in [-0.2, -0.15) is 0 Å². The average molecular weight is 1770 g/mol. The first-order valence-electron chi connectivity index (χ1n) is 47.7. The van der Waals surface area contributed by atoms with Crippen LogP contribution in [0.1, 0.15) is 22.3 Å². The van der Waals surface area contributed by atoms with Gasteiger partial charge in [-0.25, -0.2) is 0 Å². The van der Waals surface area contributed by atoms with Crippen LogP contribution >= 0.6 is 0 Å². The Hall–Kier alpha value is -18.4. The second-order valence-electron chi connectivity index (χ2n) is 36.7. The van der Waals surface area contributed by atoms with Crippen LogP contribution in [0.2, 0.25) is 0 Å². The Kier molecular flexibility index (Phi) is 18.2. The fourth-order valence-corrected chi connectivity index (χ4v) is 23.2. The van der Waals surface area contributed by atoms with E-state index >= 15 is 0 Å². The molecule has 5 aliphatic rings. The van der Waals surface area contributed by atoms with Crippen molar-refractivity contribution in [1.82, 2.24) is 0 Å². The monoisotopic (exact) mass is 1770 g/mol. The maximum atomic E-state index is 6.44. The fraction of sp³-hybridized carbons (Fsp3) is 0.00752. The van der Waals surface area contributed by atoms with E-state index in [2.05, 4.69) is 458 Å². The molecule has 0 bridgehead atoms. The molecule has 30 rings (SSSR count). The van der Waals surface area contributed by atoms with Gasteiger partial charge in [0, 0.05) is 17.1 Å². The lowest BCUT2D eigenvalue weighted by atomic mass is 9.70. The highest BCUT2D eigenvalue weighted by Crippen LogP contribution is 2.65. The molecular weight excluding hydrogens is 1690 g/mol. The normalized spacial score (nSPS) is 12.9. The fourth-order valence-electron chi connectivity index (χ4n) is 23.2. The number of benzene rings is 25. The molecule has 6 nitrogen and oxygen atoms in total. The predicted octanol–water partition coefficient (Wildman–Crippen LogP) is 37.2. The van der Waals surface area contributed by atoms with Crippen molar-refractivity contribution in [2.75, 3.05) is 14.7 Å². The van der Waals surface area contributed by atoms with Gasteiger partial charge in [-0.15, -0.1) is 0 Å². The molecule has 0 saturated carbocycles. The number of nitrogens with zero attached hydrogens (tertiary/aromatic N) is 3. The summed E-state index contributed by atoms with van der Waals surface area (Å²) in [5, 5.41) is 23.2. The van der Waals surface area contributed by atoms with Crippen LogP contribution in [0.15, 0.2) is 504 Å². The van der Waals surface area contributed by atoms with Gasteiger partial charge in [0.05, 0.1) is 39.5 Å². The van der Waals surface area contributed by atoms with Crippen molar-refractivity contribution in [3.8, 4) is 101 Å². The summed E-state index contributed by atoms with van der Waals surface area (Å²) < 4.78 is 19.0. The van der Waals surface area contributed by atoms with Crippen molar-refractivity contribution < 1.29 is 14.2 Å². The van der Waals surface area contributed by atoms with Crippen LogP contribution in [-0.4, -0.2) is 0 Å². The minimum atomic E-state index is -0.505. The van der Waals surface area contributed by atoms with E-state index in [-0.39, 0.29) is 0 Å². The predicted molar refractivity (Wildman–Crippen MR) is 579 cm³/mol. The molecule has 648 valence electrons. The zero-order valence-corrected chi connectivity index (χ0v) is 75.5. The summed E-state index contributed by atoms with van der Waals surface area (Å²) in [7, 11) is 0. The van der Waals surface area contributed by atoms with E-state index < -0.39 is 5.41 Å². The van der Waals surface area contributed by atoms with Crippen LogP contribution in [0.4, 0.5) is 51.2 Å². The van der Waals surface area contributed by atoms with Crippen LogP contribution in [0, 0.1) is 0 Å². The zero-order valence-electron chi connectivity index (χ0n) is 75.5. The maximum absolute atomic E-state index is 6.44. The van der Waals surface area contributed by atoms with Crippen LogP contribution in [0.5, 0.6) is 34.5 Å². The molecular formula is C133H83N3O3. The smallest absolute Gasteiger partial charge is 0.151 e. The Morgan fingerprint density at radius 3 is 0.755 bits per heavy atom. The Balaban J connectivity index is 0.000000105. The Morgan fingerprint density at radius 2 is 0.374 bits per heavy atom. The van der Waals surface area contributed by atoms with Crippen molar-refractivity contribution in [3.05, 3.63) is 526 Å². The number of ether oxygens (including phenoxy) is 3. The van der Waals surface area contributed by atoms with Gasteiger partial charge < -0.3 is 28.9 Å². The van der Waals surface area contributed by atoms with Crippen LogP contribution in [-0.2, 0) is 5.41 Å². The largest absolute Gasteiger partial charge is 0.453 e. The summed E-state index contributed by atoms with van der Waals surface area (Å²) in [6.07, 6.45) is 0. The summed E-state index contributed by atoms with van der Waals surface area (Å²) in [6.45, 7) is 0. The molecule has 3 heterocycles. The number of hydrogen-bond acceptors (Lipinski definition) is 6. The van der Waals surface area contributed by atoms with Gasteiger partial charge in [-0.3, -0.25) is 0 Å². The summed E-state index contributed by atoms with van der Waals surface area (Å²) in [5.41, 5.74) is 29.0. The minimum Gasteiger partial charge on any atom is -0.453 e. The highest BCUT2D eigenvalue weighted by Gasteiger charge is 2.52. The number of fused-ring (bicyclic) bond motifs is 34. The lowest BCUT2D eigenvalue weighted by molar-refractivity contribution is 0.476. The molecule has 0 aromatic heterocycles. The third-order valence-electron chi connectivity index (χ3n) is 29.2. The average Bonchev–Trinajstić information content (AvgIpc) is 1.50. The molecule has 0 amide bonds. The second-order valence-corrected chi connectivity index (χ2v) is 36.7. The molecule has 25 aromatic rings.